The molecule has 2 aliphatic rings. The highest BCUT2D eigenvalue weighted by molar-refractivity contribution is 6.63. The molecule has 0 aliphatic carbocycles. The fourth-order valence-corrected chi connectivity index (χ4v) is 3.14. The maximum atomic E-state index is 11.7. The second-order valence-electron chi connectivity index (χ2n) is 7.86. The Morgan fingerprint density at radius 1 is 1.16 bits per heavy atom. The Bertz CT molecular complexity index is 633. The van der Waals surface area contributed by atoms with E-state index in [1.165, 1.54) is 0 Å². The van der Waals surface area contributed by atoms with Crippen molar-refractivity contribution >= 4 is 18.9 Å². The monoisotopic (exact) mass is 346 g/mol. The molecule has 0 radical (unpaired) electrons. The molecule has 2 fully saturated rings. The molecule has 0 bridgehead atoms. The lowest BCUT2D eigenvalue weighted by molar-refractivity contribution is -0.105. The standard InChI is InChI=1S/C19H27BO5/c1-13-10-14(23-17-8-6-7-9-22-17)11-16(15(13)12-21)20-24-18(2,3)19(4,5)25-20/h10-12,17H,6-9H2,1-5H3/t17-/m0/s1. The van der Waals surface area contributed by atoms with E-state index in [0.717, 1.165) is 37.7 Å². The van der Waals surface area contributed by atoms with Crippen molar-refractivity contribution in [2.24, 2.45) is 0 Å². The molecule has 2 saturated heterocycles. The van der Waals surface area contributed by atoms with Gasteiger partial charge in [0.1, 0.15) is 12.0 Å². The minimum atomic E-state index is -0.597. The summed E-state index contributed by atoms with van der Waals surface area (Å²) in [5, 5.41) is 0. The number of carbonyl (C=O) groups is 1. The van der Waals surface area contributed by atoms with Crippen molar-refractivity contribution in [1.82, 2.24) is 0 Å². The second kappa shape index (κ2) is 6.74. The van der Waals surface area contributed by atoms with Crippen LogP contribution < -0.4 is 10.2 Å². The molecule has 1 aromatic rings. The molecular formula is C19H27BO5. The highest BCUT2D eigenvalue weighted by atomic mass is 16.7. The molecule has 0 aromatic heterocycles. The van der Waals surface area contributed by atoms with E-state index >= 15 is 0 Å². The van der Waals surface area contributed by atoms with Crippen LogP contribution >= 0.6 is 0 Å². The third kappa shape index (κ3) is 3.61. The molecule has 0 saturated carbocycles. The van der Waals surface area contributed by atoms with E-state index < -0.39 is 18.3 Å². The van der Waals surface area contributed by atoms with Gasteiger partial charge in [-0.15, -0.1) is 0 Å². The maximum absolute atomic E-state index is 11.7. The number of ether oxygens (including phenoxy) is 2. The van der Waals surface area contributed by atoms with Crippen LogP contribution in [0.5, 0.6) is 5.75 Å². The lowest BCUT2D eigenvalue weighted by Gasteiger charge is -2.32. The van der Waals surface area contributed by atoms with E-state index in [2.05, 4.69) is 0 Å². The first-order chi connectivity index (χ1) is 11.7. The molecule has 3 rings (SSSR count). The van der Waals surface area contributed by atoms with Crippen LogP contribution in [0.3, 0.4) is 0 Å². The Balaban J connectivity index is 1.91. The predicted octanol–water partition coefficient (Wildman–Crippen LogP) is 3.01. The predicted molar refractivity (Wildman–Crippen MR) is 96.5 cm³/mol. The molecule has 25 heavy (non-hydrogen) atoms. The normalized spacial score (nSPS) is 25.0. The summed E-state index contributed by atoms with van der Waals surface area (Å²) in [5.41, 5.74) is 1.22. The molecule has 6 heteroatoms. The molecular weight excluding hydrogens is 319 g/mol. The molecule has 0 spiro atoms. The number of benzene rings is 1. The Kier molecular flexibility index (Phi) is 4.97. The van der Waals surface area contributed by atoms with E-state index in [0.29, 0.717) is 16.8 Å². The molecule has 5 nitrogen and oxygen atoms in total. The Hall–Kier alpha value is -1.37. The van der Waals surface area contributed by atoms with Crippen LogP contribution in [0, 0.1) is 6.92 Å². The van der Waals surface area contributed by atoms with Gasteiger partial charge in [0.2, 0.25) is 0 Å². The van der Waals surface area contributed by atoms with Gasteiger partial charge in [0, 0.05) is 12.0 Å². The zero-order valence-electron chi connectivity index (χ0n) is 15.8. The number of aryl methyl sites for hydroxylation is 1. The highest BCUT2D eigenvalue weighted by Gasteiger charge is 2.52. The number of carbonyl (C=O) groups excluding carboxylic acids is 1. The summed E-state index contributed by atoms with van der Waals surface area (Å²) in [6.45, 7) is 10.6. The molecule has 2 heterocycles. The van der Waals surface area contributed by atoms with Crippen molar-refractivity contribution in [1.29, 1.82) is 0 Å². The van der Waals surface area contributed by atoms with Crippen LogP contribution in [0.1, 0.15) is 62.9 Å². The van der Waals surface area contributed by atoms with Gasteiger partial charge < -0.3 is 18.8 Å². The summed E-state index contributed by atoms with van der Waals surface area (Å²) in [6.07, 6.45) is 3.67. The summed E-state index contributed by atoms with van der Waals surface area (Å²) in [5.74, 6) is 0.680. The summed E-state index contributed by atoms with van der Waals surface area (Å²) in [6, 6.07) is 3.72. The number of aldehydes is 1. The maximum Gasteiger partial charge on any atom is 0.495 e. The van der Waals surface area contributed by atoms with Crippen molar-refractivity contribution in [3.63, 3.8) is 0 Å². The molecule has 0 unspecified atom stereocenters. The van der Waals surface area contributed by atoms with Gasteiger partial charge in [-0.1, -0.05) is 0 Å². The summed E-state index contributed by atoms with van der Waals surface area (Å²) in [4.78, 5) is 11.7. The average molecular weight is 346 g/mol. The van der Waals surface area contributed by atoms with Gasteiger partial charge in [-0.25, -0.2) is 0 Å². The fraction of sp³-hybridized carbons (Fsp3) is 0.632. The van der Waals surface area contributed by atoms with Crippen molar-refractivity contribution in [3.8, 4) is 5.75 Å². The summed E-state index contributed by atoms with van der Waals surface area (Å²) >= 11 is 0. The quantitative estimate of drug-likeness (QED) is 0.620. The van der Waals surface area contributed by atoms with E-state index in [9.17, 15) is 4.79 Å². The summed E-state index contributed by atoms with van der Waals surface area (Å²) in [7, 11) is -0.597. The topological polar surface area (TPSA) is 54.0 Å². The van der Waals surface area contributed by atoms with Crippen LogP contribution in [-0.2, 0) is 14.0 Å². The van der Waals surface area contributed by atoms with Gasteiger partial charge in [0.25, 0.3) is 0 Å². The van der Waals surface area contributed by atoms with Gasteiger partial charge in [-0.2, -0.15) is 0 Å². The lowest BCUT2D eigenvalue weighted by Crippen LogP contribution is -2.41. The zero-order valence-corrected chi connectivity index (χ0v) is 15.8. The van der Waals surface area contributed by atoms with Gasteiger partial charge in [0.05, 0.1) is 17.8 Å². The smallest absolute Gasteiger partial charge is 0.465 e. The highest BCUT2D eigenvalue weighted by Crippen LogP contribution is 2.37. The SMILES string of the molecule is Cc1cc(O[C@H]2CCCCO2)cc(B2OC(C)(C)C(C)(C)O2)c1C=O. The third-order valence-corrected chi connectivity index (χ3v) is 5.42. The Morgan fingerprint density at radius 3 is 2.40 bits per heavy atom. The first-order valence-corrected chi connectivity index (χ1v) is 8.97. The van der Waals surface area contributed by atoms with Crippen LogP contribution in [0.15, 0.2) is 12.1 Å². The summed E-state index contributed by atoms with van der Waals surface area (Å²) < 4.78 is 23.9. The van der Waals surface area contributed by atoms with Gasteiger partial charge in [-0.3, -0.25) is 4.79 Å². The second-order valence-corrected chi connectivity index (χ2v) is 7.86. The zero-order chi connectivity index (χ0) is 18.2. The van der Waals surface area contributed by atoms with Crippen molar-refractivity contribution in [2.45, 2.75) is 71.4 Å². The van der Waals surface area contributed by atoms with Crippen LogP contribution in [0.25, 0.3) is 0 Å². The average Bonchev–Trinajstić information content (AvgIpc) is 2.76. The Labute approximate surface area is 150 Å². The minimum Gasteiger partial charge on any atom is -0.465 e. The van der Waals surface area contributed by atoms with Crippen LogP contribution in [-0.4, -0.2) is 37.5 Å². The molecule has 0 N–H and O–H groups in total. The van der Waals surface area contributed by atoms with Crippen LogP contribution in [0.4, 0.5) is 0 Å². The minimum absolute atomic E-state index is 0.235. The van der Waals surface area contributed by atoms with Crippen molar-refractivity contribution in [3.05, 3.63) is 23.3 Å². The van der Waals surface area contributed by atoms with Gasteiger partial charge in [0.15, 0.2) is 6.29 Å². The first kappa shape index (κ1) is 18.4. The number of hydrogen-bond donors (Lipinski definition) is 0. The van der Waals surface area contributed by atoms with Gasteiger partial charge >= 0.3 is 7.12 Å². The van der Waals surface area contributed by atoms with Crippen molar-refractivity contribution in [2.75, 3.05) is 6.61 Å². The van der Waals surface area contributed by atoms with Crippen molar-refractivity contribution < 1.29 is 23.6 Å². The van der Waals surface area contributed by atoms with Crippen LogP contribution in [0.2, 0.25) is 0 Å². The van der Waals surface area contributed by atoms with E-state index in [-0.39, 0.29) is 6.29 Å². The lowest BCUT2D eigenvalue weighted by atomic mass is 9.75. The molecule has 2 aliphatic heterocycles. The van der Waals surface area contributed by atoms with Gasteiger partial charge in [-0.05, 0) is 70.6 Å². The number of hydrogen-bond acceptors (Lipinski definition) is 5. The fourth-order valence-electron chi connectivity index (χ4n) is 3.14. The van der Waals surface area contributed by atoms with E-state index in [1.807, 2.05) is 46.8 Å². The molecule has 1 atom stereocenters. The van der Waals surface area contributed by atoms with E-state index in [1.54, 1.807) is 0 Å². The number of rotatable bonds is 4. The molecule has 1 aromatic carbocycles. The third-order valence-electron chi connectivity index (χ3n) is 5.42. The molecule has 136 valence electrons. The largest absolute Gasteiger partial charge is 0.495 e. The molecule has 0 amide bonds. The van der Waals surface area contributed by atoms with E-state index in [4.69, 9.17) is 18.8 Å². The first-order valence-electron chi connectivity index (χ1n) is 8.97. The Morgan fingerprint density at radius 2 is 1.84 bits per heavy atom.